The van der Waals surface area contributed by atoms with E-state index in [1.807, 2.05) is 30.5 Å². The number of anilines is 1. The molecule has 1 aromatic heterocycles. The summed E-state index contributed by atoms with van der Waals surface area (Å²) in [7, 11) is 0. The topological polar surface area (TPSA) is 54.5 Å². The van der Waals surface area contributed by atoms with Crippen LogP contribution in [0.1, 0.15) is 42.5 Å². The first-order chi connectivity index (χ1) is 13.3. The molecule has 1 aromatic carbocycles. The molecule has 2 aliphatic heterocycles. The number of carbonyl (C=O) groups excluding carboxylic acids is 1. The fraction of sp³-hybridized carbons (Fsp3) is 0.455. The lowest BCUT2D eigenvalue weighted by atomic mass is 10.0. The van der Waals surface area contributed by atoms with Crippen LogP contribution in [0.3, 0.4) is 0 Å². The second-order valence-corrected chi connectivity index (χ2v) is 7.38. The van der Waals surface area contributed by atoms with Crippen molar-refractivity contribution in [1.29, 1.82) is 0 Å². The second-order valence-electron chi connectivity index (χ2n) is 7.38. The number of aromatic nitrogens is 1. The monoisotopic (exact) mass is 365 g/mol. The van der Waals surface area contributed by atoms with Gasteiger partial charge >= 0.3 is 0 Å². The molecule has 2 aromatic rings. The summed E-state index contributed by atoms with van der Waals surface area (Å²) < 4.78 is 5.54. The Kier molecular flexibility index (Phi) is 5.68. The Morgan fingerprint density at radius 2 is 1.81 bits per heavy atom. The summed E-state index contributed by atoms with van der Waals surface area (Å²) in [4.78, 5) is 19.3. The average molecular weight is 365 g/mol. The molecular formula is C22H27N3O2. The van der Waals surface area contributed by atoms with Gasteiger partial charge in [0.05, 0.1) is 6.10 Å². The predicted octanol–water partition coefficient (Wildman–Crippen LogP) is 3.65. The van der Waals surface area contributed by atoms with Gasteiger partial charge in [-0.15, -0.1) is 0 Å². The highest BCUT2D eigenvalue weighted by molar-refractivity contribution is 5.94. The summed E-state index contributed by atoms with van der Waals surface area (Å²) in [6, 6.07) is 11.9. The molecule has 1 amide bonds. The lowest BCUT2D eigenvalue weighted by molar-refractivity contribution is 0.0858. The standard InChI is InChI=1S/C22H27N3O2/c26-22(24-16-20-5-4-14-27-20)18-8-6-17(7-9-18)19-10-11-21(23-15-19)25-12-2-1-3-13-25/h6-11,15,20H,1-5,12-14,16H2,(H,24,26). The summed E-state index contributed by atoms with van der Waals surface area (Å²) in [6.07, 6.45) is 8.02. The van der Waals surface area contributed by atoms with Crippen LogP contribution < -0.4 is 10.2 Å². The van der Waals surface area contributed by atoms with Gasteiger partial charge in [0.25, 0.3) is 5.91 Å². The largest absolute Gasteiger partial charge is 0.376 e. The van der Waals surface area contributed by atoms with Gasteiger partial charge in [-0.05, 0) is 61.9 Å². The van der Waals surface area contributed by atoms with Crippen LogP contribution in [0.5, 0.6) is 0 Å². The van der Waals surface area contributed by atoms with Crippen molar-refractivity contribution in [3.63, 3.8) is 0 Å². The van der Waals surface area contributed by atoms with Crippen molar-refractivity contribution in [2.45, 2.75) is 38.2 Å². The van der Waals surface area contributed by atoms with Crippen molar-refractivity contribution >= 4 is 11.7 Å². The van der Waals surface area contributed by atoms with Gasteiger partial charge in [-0.3, -0.25) is 4.79 Å². The maximum atomic E-state index is 12.3. The highest BCUT2D eigenvalue weighted by Crippen LogP contribution is 2.23. The fourth-order valence-electron chi connectivity index (χ4n) is 3.79. The molecule has 0 spiro atoms. The molecule has 142 valence electrons. The molecule has 1 atom stereocenters. The normalized spacial score (nSPS) is 19.9. The molecule has 5 heteroatoms. The summed E-state index contributed by atoms with van der Waals surface area (Å²) >= 11 is 0. The van der Waals surface area contributed by atoms with Crippen LogP contribution in [0.15, 0.2) is 42.6 Å². The summed E-state index contributed by atoms with van der Waals surface area (Å²) in [5.41, 5.74) is 2.82. The molecule has 2 aliphatic rings. The zero-order valence-corrected chi connectivity index (χ0v) is 15.7. The minimum Gasteiger partial charge on any atom is -0.376 e. The smallest absolute Gasteiger partial charge is 0.251 e. The first kappa shape index (κ1) is 18.0. The van der Waals surface area contributed by atoms with Crippen LogP contribution in [0.25, 0.3) is 11.1 Å². The molecule has 5 nitrogen and oxygen atoms in total. The zero-order valence-electron chi connectivity index (χ0n) is 15.7. The molecule has 1 unspecified atom stereocenters. The predicted molar refractivity (Wildman–Crippen MR) is 107 cm³/mol. The fourth-order valence-corrected chi connectivity index (χ4v) is 3.79. The van der Waals surface area contributed by atoms with E-state index in [-0.39, 0.29) is 12.0 Å². The number of piperidine rings is 1. The van der Waals surface area contributed by atoms with E-state index < -0.39 is 0 Å². The number of hydrogen-bond acceptors (Lipinski definition) is 4. The maximum Gasteiger partial charge on any atom is 0.251 e. The zero-order chi connectivity index (χ0) is 18.5. The number of hydrogen-bond donors (Lipinski definition) is 1. The van der Waals surface area contributed by atoms with E-state index in [1.54, 1.807) is 0 Å². The SMILES string of the molecule is O=C(NCC1CCCO1)c1ccc(-c2ccc(N3CCCCC3)nc2)cc1. The number of pyridine rings is 1. The van der Waals surface area contributed by atoms with Gasteiger partial charge in [-0.2, -0.15) is 0 Å². The second kappa shape index (κ2) is 8.53. The number of carbonyl (C=O) groups is 1. The lowest BCUT2D eigenvalue weighted by Crippen LogP contribution is -2.31. The average Bonchev–Trinajstić information content (AvgIpc) is 3.27. The van der Waals surface area contributed by atoms with Crippen molar-refractivity contribution in [3.05, 3.63) is 48.2 Å². The van der Waals surface area contributed by atoms with Gasteiger partial charge < -0.3 is 15.0 Å². The van der Waals surface area contributed by atoms with Crippen molar-refractivity contribution in [2.75, 3.05) is 31.1 Å². The van der Waals surface area contributed by atoms with Gasteiger partial charge in [0, 0.05) is 43.6 Å². The number of amides is 1. The highest BCUT2D eigenvalue weighted by atomic mass is 16.5. The van der Waals surface area contributed by atoms with Crippen LogP contribution in [-0.4, -0.2) is 43.2 Å². The molecule has 1 N–H and O–H groups in total. The third kappa shape index (κ3) is 4.48. The molecule has 0 radical (unpaired) electrons. The third-order valence-electron chi connectivity index (χ3n) is 5.42. The van der Waals surface area contributed by atoms with Crippen molar-refractivity contribution in [2.24, 2.45) is 0 Å². The Hall–Kier alpha value is -2.40. The van der Waals surface area contributed by atoms with Gasteiger partial charge in [-0.1, -0.05) is 12.1 Å². The Morgan fingerprint density at radius 3 is 2.48 bits per heavy atom. The Labute approximate surface area is 160 Å². The lowest BCUT2D eigenvalue weighted by Gasteiger charge is -2.27. The van der Waals surface area contributed by atoms with E-state index in [2.05, 4.69) is 27.3 Å². The van der Waals surface area contributed by atoms with E-state index in [0.29, 0.717) is 12.1 Å². The summed E-state index contributed by atoms with van der Waals surface area (Å²) in [5, 5.41) is 2.96. The van der Waals surface area contributed by atoms with Crippen LogP contribution in [0.4, 0.5) is 5.82 Å². The minimum absolute atomic E-state index is 0.0457. The van der Waals surface area contributed by atoms with E-state index in [0.717, 1.165) is 49.5 Å². The van der Waals surface area contributed by atoms with Crippen molar-refractivity contribution in [1.82, 2.24) is 10.3 Å². The van der Waals surface area contributed by atoms with Gasteiger partial charge in [0.2, 0.25) is 0 Å². The quantitative estimate of drug-likeness (QED) is 0.879. The number of ether oxygens (including phenoxy) is 1. The van der Waals surface area contributed by atoms with Crippen molar-refractivity contribution < 1.29 is 9.53 Å². The maximum absolute atomic E-state index is 12.3. The molecule has 2 fully saturated rings. The minimum atomic E-state index is -0.0457. The Bertz CT molecular complexity index is 746. The van der Waals surface area contributed by atoms with Gasteiger partial charge in [-0.25, -0.2) is 4.98 Å². The Balaban J connectivity index is 1.37. The van der Waals surface area contributed by atoms with E-state index in [9.17, 15) is 4.79 Å². The van der Waals surface area contributed by atoms with Crippen LogP contribution in [0.2, 0.25) is 0 Å². The number of rotatable bonds is 5. The number of benzene rings is 1. The molecule has 27 heavy (non-hydrogen) atoms. The Morgan fingerprint density at radius 1 is 1.04 bits per heavy atom. The van der Waals surface area contributed by atoms with Gasteiger partial charge in [0.1, 0.15) is 5.82 Å². The van der Waals surface area contributed by atoms with E-state index in [4.69, 9.17) is 4.74 Å². The van der Waals surface area contributed by atoms with E-state index >= 15 is 0 Å². The molecular weight excluding hydrogens is 338 g/mol. The molecule has 0 saturated carbocycles. The van der Waals surface area contributed by atoms with Crippen LogP contribution in [-0.2, 0) is 4.74 Å². The number of nitrogens with one attached hydrogen (secondary N) is 1. The molecule has 0 bridgehead atoms. The molecule has 3 heterocycles. The highest BCUT2D eigenvalue weighted by Gasteiger charge is 2.17. The molecule has 0 aliphatic carbocycles. The number of nitrogens with zero attached hydrogens (tertiary/aromatic N) is 2. The van der Waals surface area contributed by atoms with Crippen molar-refractivity contribution in [3.8, 4) is 11.1 Å². The molecule has 2 saturated heterocycles. The van der Waals surface area contributed by atoms with Gasteiger partial charge in [0.15, 0.2) is 0 Å². The van der Waals surface area contributed by atoms with E-state index in [1.165, 1.54) is 19.3 Å². The summed E-state index contributed by atoms with van der Waals surface area (Å²) in [5.74, 6) is 1.01. The van der Waals surface area contributed by atoms with Crippen LogP contribution >= 0.6 is 0 Å². The molecule has 4 rings (SSSR count). The third-order valence-corrected chi connectivity index (χ3v) is 5.42. The van der Waals surface area contributed by atoms with Crippen LogP contribution in [0, 0.1) is 0 Å². The summed E-state index contributed by atoms with van der Waals surface area (Å²) in [6.45, 7) is 3.59. The first-order valence-electron chi connectivity index (χ1n) is 10.0. The first-order valence-corrected chi connectivity index (χ1v) is 10.0.